The van der Waals surface area contributed by atoms with E-state index in [2.05, 4.69) is 9.97 Å². The number of nitrogens with zero attached hydrogens (tertiary/aromatic N) is 1. The van der Waals surface area contributed by atoms with Crippen molar-refractivity contribution >= 4 is 12.2 Å². The van der Waals surface area contributed by atoms with E-state index in [1.54, 1.807) is 0 Å². The Bertz CT molecular complexity index is 402. The standard InChI is InChI=1S/C11H14N2S/c14-11-6-9(8-3-4-8)12-10(13-11)5-7-1-2-7/h6-8H,1-5H2,(H,12,13,14). The van der Waals surface area contributed by atoms with E-state index in [9.17, 15) is 0 Å². The molecule has 1 aromatic heterocycles. The predicted octanol–water partition coefficient (Wildman–Crippen LogP) is 2.97. The average molecular weight is 206 g/mol. The lowest BCUT2D eigenvalue weighted by Gasteiger charge is -2.03. The highest BCUT2D eigenvalue weighted by atomic mass is 32.1. The number of H-pyrrole nitrogens is 1. The fourth-order valence-electron chi connectivity index (χ4n) is 1.84. The van der Waals surface area contributed by atoms with E-state index in [1.807, 2.05) is 6.07 Å². The third-order valence-corrected chi connectivity index (χ3v) is 3.22. The average Bonchev–Trinajstić information content (AvgIpc) is 2.99. The summed E-state index contributed by atoms with van der Waals surface area (Å²) in [6.07, 6.45) is 6.48. The quantitative estimate of drug-likeness (QED) is 0.770. The molecule has 0 amide bonds. The number of hydrogen-bond acceptors (Lipinski definition) is 2. The van der Waals surface area contributed by atoms with Crippen LogP contribution in [0.5, 0.6) is 0 Å². The summed E-state index contributed by atoms with van der Waals surface area (Å²) < 4.78 is 0.765. The van der Waals surface area contributed by atoms with Gasteiger partial charge in [0.1, 0.15) is 10.5 Å². The Morgan fingerprint density at radius 2 is 2.14 bits per heavy atom. The van der Waals surface area contributed by atoms with Crippen LogP contribution in [0.1, 0.15) is 43.1 Å². The number of aromatic nitrogens is 2. The first-order valence-corrected chi connectivity index (χ1v) is 5.82. The van der Waals surface area contributed by atoms with E-state index in [-0.39, 0.29) is 0 Å². The molecule has 2 aliphatic rings. The molecule has 3 heteroatoms. The molecule has 1 N–H and O–H groups in total. The molecule has 0 unspecified atom stereocenters. The minimum atomic E-state index is 0.748. The predicted molar refractivity (Wildman–Crippen MR) is 57.8 cm³/mol. The van der Waals surface area contributed by atoms with Gasteiger partial charge in [0.05, 0.1) is 0 Å². The van der Waals surface area contributed by atoms with Crippen molar-refractivity contribution in [1.29, 1.82) is 0 Å². The molecule has 1 heterocycles. The first-order valence-electron chi connectivity index (χ1n) is 5.41. The van der Waals surface area contributed by atoms with Crippen LogP contribution >= 0.6 is 12.2 Å². The van der Waals surface area contributed by atoms with Crippen molar-refractivity contribution in [1.82, 2.24) is 9.97 Å². The van der Waals surface area contributed by atoms with E-state index < -0.39 is 0 Å². The second kappa shape index (κ2) is 3.16. The van der Waals surface area contributed by atoms with Gasteiger partial charge in [0.25, 0.3) is 0 Å². The smallest absolute Gasteiger partial charge is 0.129 e. The van der Waals surface area contributed by atoms with Gasteiger partial charge in [-0.2, -0.15) is 0 Å². The summed E-state index contributed by atoms with van der Waals surface area (Å²) in [7, 11) is 0. The van der Waals surface area contributed by atoms with Crippen LogP contribution in [0.4, 0.5) is 0 Å². The zero-order valence-electron chi connectivity index (χ0n) is 8.12. The van der Waals surface area contributed by atoms with Crippen LogP contribution in [0.2, 0.25) is 0 Å². The van der Waals surface area contributed by atoms with E-state index in [1.165, 1.54) is 31.4 Å². The number of aromatic amines is 1. The Hall–Kier alpha value is -0.700. The Balaban J connectivity index is 1.89. The molecule has 3 rings (SSSR count). The largest absolute Gasteiger partial charge is 0.347 e. The first kappa shape index (κ1) is 8.60. The van der Waals surface area contributed by atoms with Crippen molar-refractivity contribution in [3.05, 3.63) is 22.2 Å². The highest BCUT2D eigenvalue weighted by molar-refractivity contribution is 7.71. The van der Waals surface area contributed by atoms with Gasteiger partial charge in [-0.3, -0.25) is 0 Å². The van der Waals surface area contributed by atoms with Crippen LogP contribution < -0.4 is 0 Å². The molecular formula is C11H14N2S. The van der Waals surface area contributed by atoms with Crippen molar-refractivity contribution in [3.8, 4) is 0 Å². The molecule has 0 radical (unpaired) electrons. The molecule has 14 heavy (non-hydrogen) atoms. The van der Waals surface area contributed by atoms with Gasteiger partial charge in [0.2, 0.25) is 0 Å². The molecule has 0 aromatic carbocycles. The zero-order chi connectivity index (χ0) is 9.54. The van der Waals surface area contributed by atoms with Gasteiger partial charge < -0.3 is 4.98 Å². The maximum absolute atomic E-state index is 5.18. The van der Waals surface area contributed by atoms with Crippen LogP contribution in [0, 0.1) is 10.6 Å². The maximum Gasteiger partial charge on any atom is 0.129 e. The van der Waals surface area contributed by atoms with E-state index in [0.717, 1.165) is 28.7 Å². The van der Waals surface area contributed by atoms with E-state index >= 15 is 0 Å². The molecular weight excluding hydrogens is 192 g/mol. The van der Waals surface area contributed by atoms with Crippen LogP contribution in [0.3, 0.4) is 0 Å². The number of nitrogens with one attached hydrogen (secondary N) is 1. The summed E-state index contributed by atoms with van der Waals surface area (Å²) in [5.74, 6) is 2.74. The fraction of sp³-hybridized carbons (Fsp3) is 0.636. The number of hydrogen-bond donors (Lipinski definition) is 1. The monoisotopic (exact) mass is 206 g/mol. The van der Waals surface area contributed by atoms with Crippen molar-refractivity contribution in [3.63, 3.8) is 0 Å². The van der Waals surface area contributed by atoms with Gasteiger partial charge in [0, 0.05) is 12.1 Å². The van der Waals surface area contributed by atoms with Crippen LogP contribution in [-0.4, -0.2) is 9.97 Å². The summed E-state index contributed by atoms with van der Waals surface area (Å²) in [6.45, 7) is 0. The summed E-state index contributed by atoms with van der Waals surface area (Å²) >= 11 is 5.18. The van der Waals surface area contributed by atoms with Gasteiger partial charge in [-0.15, -0.1) is 0 Å². The van der Waals surface area contributed by atoms with Gasteiger partial charge in [-0.1, -0.05) is 12.2 Å². The Morgan fingerprint density at radius 3 is 2.79 bits per heavy atom. The summed E-state index contributed by atoms with van der Waals surface area (Å²) in [4.78, 5) is 7.82. The molecule has 2 saturated carbocycles. The molecule has 0 bridgehead atoms. The Labute approximate surface area is 88.8 Å². The van der Waals surface area contributed by atoms with Crippen molar-refractivity contribution in [2.75, 3.05) is 0 Å². The number of rotatable bonds is 3. The summed E-state index contributed by atoms with van der Waals surface area (Å²) in [6, 6.07) is 2.03. The lowest BCUT2D eigenvalue weighted by molar-refractivity contribution is 0.754. The highest BCUT2D eigenvalue weighted by Crippen LogP contribution is 2.39. The first-order chi connectivity index (χ1) is 6.81. The molecule has 74 valence electrons. The Kier molecular flexibility index (Phi) is 1.94. The SMILES string of the molecule is S=c1cc(C2CC2)[nH]c(CC2CC2)n1. The van der Waals surface area contributed by atoms with Gasteiger partial charge in [-0.25, -0.2) is 4.98 Å². The molecule has 2 aliphatic carbocycles. The third-order valence-electron chi connectivity index (χ3n) is 3.01. The Morgan fingerprint density at radius 1 is 1.36 bits per heavy atom. The molecule has 0 atom stereocenters. The van der Waals surface area contributed by atoms with Crippen molar-refractivity contribution in [2.45, 2.75) is 38.0 Å². The van der Waals surface area contributed by atoms with Crippen LogP contribution in [0.25, 0.3) is 0 Å². The van der Waals surface area contributed by atoms with Crippen LogP contribution in [0.15, 0.2) is 6.07 Å². The fourth-order valence-corrected chi connectivity index (χ4v) is 2.07. The minimum absolute atomic E-state index is 0.748. The summed E-state index contributed by atoms with van der Waals surface area (Å²) in [5.41, 5.74) is 1.32. The van der Waals surface area contributed by atoms with Gasteiger partial charge in [0.15, 0.2) is 0 Å². The van der Waals surface area contributed by atoms with Gasteiger partial charge >= 0.3 is 0 Å². The lowest BCUT2D eigenvalue weighted by atomic mass is 10.2. The van der Waals surface area contributed by atoms with Crippen molar-refractivity contribution < 1.29 is 0 Å². The molecule has 2 nitrogen and oxygen atoms in total. The zero-order valence-corrected chi connectivity index (χ0v) is 8.94. The minimum Gasteiger partial charge on any atom is -0.347 e. The van der Waals surface area contributed by atoms with Crippen LogP contribution in [-0.2, 0) is 6.42 Å². The normalized spacial score (nSPS) is 21.1. The van der Waals surface area contributed by atoms with E-state index in [4.69, 9.17) is 12.2 Å². The molecule has 0 spiro atoms. The topological polar surface area (TPSA) is 28.7 Å². The third kappa shape index (κ3) is 1.87. The molecule has 0 aliphatic heterocycles. The molecule has 1 aromatic rings. The van der Waals surface area contributed by atoms with Crippen molar-refractivity contribution in [2.24, 2.45) is 5.92 Å². The maximum atomic E-state index is 5.18. The second-order valence-corrected chi connectivity index (χ2v) is 4.96. The molecule has 0 saturated heterocycles. The van der Waals surface area contributed by atoms with Gasteiger partial charge in [-0.05, 0) is 43.6 Å². The lowest BCUT2D eigenvalue weighted by Crippen LogP contribution is -2.00. The van der Waals surface area contributed by atoms with E-state index in [0.29, 0.717) is 0 Å². The summed E-state index contributed by atoms with van der Waals surface area (Å²) in [5, 5.41) is 0. The molecule has 2 fully saturated rings. The highest BCUT2D eigenvalue weighted by Gasteiger charge is 2.26. The second-order valence-electron chi connectivity index (χ2n) is 4.54.